The van der Waals surface area contributed by atoms with E-state index in [-0.39, 0.29) is 92.5 Å². The Balaban J connectivity index is 0.892. The number of rotatable bonds is 49. The maximum atomic E-state index is 14.2. The van der Waals surface area contributed by atoms with Crippen molar-refractivity contribution in [1.82, 2.24) is 20.2 Å². The Labute approximate surface area is 706 Å². The number of Topliss-reactive ketones (excluding diaryl/α,β-unsaturated/α-hetero) is 2. The molecular formula is C74H97N7O35P3S4+. The quantitative estimate of drug-likeness (QED) is 0.00589. The molecule has 49 heteroatoms. The van der Waals surface area contributed by atoms with E-state index in [9.17, 15) is 139 Å². The predicted octanol–water partition coefficient (Wildman–Crippen LogP) is 7.50. The second-order valence-electron chi connectivity index (χ2n) is 30.5. The molecule has 9 atom stereocenters. The van der Waals surface area contributed by atoms with Crippen LogP contribution in [0.3, 0.4) is 0 Å². The zero-order valence-corrected chi connectivity index (χ0v) is 72.7. The van der Waals surface area contributed by atoms with E-state index >= 15 is 0 Å². The van der Waals surface area contributed by atoms with Gasteiger partial charge >= 0.3 is 47.1 Å². The Kier molecular flexibility index (Phi) is 33.5. The Morgan fingerprint density at radius 2 is 1.27 bits per heavy atom. The van der Waals surface area contributed by atoms with Crippen molar-refractivity contribution >= 4 is 150 Å². The number of aliphatic hydroxyl groups excluding tert-OH is 1. The molecule has 1 fully saturated rings. The lowest BCUT2D eigenvalue weighted by atomic mass is 9.79. The SMILES string of the molecule is CC1(C)C(=CC=CC=CC2=[N+](CCCCCC(=O)CC(CCC(=O)O)C(=O)NC(CCC(=O)O)C(=O)CC(CCC(=O)O)C(=O)NCCCCCCOP(=O)(O)OP(=O)(O)OP(=O)(O)OC[C@H]3O[C@@H](n4ccc(N)nc4=O)C[C@H]3O)c3ccc4c(S(=O)(=O)O)cc(S(=O)(=O)O)cc4c3C2(C)C)N(CCCS(=O)(=O)O)c2ccc3ccc(S(=O)(=O)O)cc3c21. The van der Waals surface area contributed by atoms with Gasteiger partial charge in [0.15, 0.2) is 11.5 Å². The average Bonchev–Trinajstić information content (AvgIpc) is 1.59. The van der Waals surface area contributed by atoms with Gasteiger partial charge in [-0.25, -0.2) is 18.5 Å². The van der Waals surface area contributed by atoms with E-state index in [1.165, 1.54) is 36.5 Å². The summed E-state index contributed by atoms with van der Waals surface area (Å²) in [6.45, 7) is 5.77. The van der Waals surface area contributed by atoms with E-state index in [2.05, 4.69) is 33.3 Å². The highest BCUT2D eigenvalue weighted by Crippen LogP contribution is 2.68. The van der Waals surface area contributed by atoms with Crippen LogP contribution in [0.5, 0.6) is 0 Å². The number of fused-ring (bicyclic) bond motifs is 6. The lowest BCUT2D eigenvalue weighted by molar-refractivity contribution is -0.438. The maximum Gasteiger partial charge on any atom is 0.490 e. The van der Waals surface area contributed by atoms with Crippen LogP contribution in [0.4, 0.5) is 17.2 Å². The first-order valence-electron chi connectivity index (χ1n) is 38.3. The molecule has 15 N–H and O–H groups in total. The van der Waals surface area contributed by atoms with E-state index in [0.717, 1.165) is 10.6 Å². The van der Waals surface area contributed by atoms with Crippen molar-refractivity contribution in [1.29, 1.82) is 0 Å². The van der Waals surface area contributed by atoms with Crippen molar-refractivity contribution < 1.29 is 161 Å². The standard InChI is InChI=1S/C74H96N7O35P3S4/c1-73(2)61(80(34-15-37-120(100,101)102)55-26-20-45-19-23-49(121(103,104)105)40-52(45)68(55)73)17-10-7-11-18-62-74(3,4)69-53-41-50(122(106,107)108)42-60(123(109,110)111)51(53)24-27-56(69)79(62)33-13-8-9-16-48(82)38-46(21-28-65(85)86)71(92)77-54(25-30-67(89)90)57(83)39-47(22-29-66(87)88)70(91)76-32-12-5-6-14-36-112-117(94,95)115-119(98,99)116-118(96,97)113-44-59-58(84)43-64(114-59)81-35-31-63(75)78-72(81)93/h7,10-11,17-20,23-24,26-27,31,35,40-42,46-47,54,58-59,64,84H,5-6,8-9,12-16,21-22,25,28-30,32-34,36-39,43-44H2,1-4H3,(H13-,75,76,77,78,85,86,87,88,89,90,91,92,93,94,95,96,97,98,99,100,101,102,103,104,105,106,107,108,109,110,111)/p+1/t46?,47?,54?,58-,59-,64-/m1/s1. The van der Waals surface area contributed by atoms with Crippen LogP contribution in [-0.4, -0.2) is 205 Å². The molecule has 0 aliphatic carbocycles. The first kappa shape index (κ1) is 99.8. The largest absolute Gasteiger partial charge is 0.490 e. The summed E-state index contributed by atoms with van der Waals surface area (Å²) in [5, 5.41) is 45.3. The van der Waals surface area contributed by atoms with E-state index < -0.39 is 238 Å². The first-order valence-corrected chi connectivity index (χ1v) is 48.7. The molecule has 3 aliphatic rings. The van der Waals surface area contributed by atoms with Crippen LogP contribution in [0.1, 0.15) is 161 Å². The molecule has 1 saturated heterocycles. The third-order valence-corrected chi connectivity index (χ3v) is 28.3. The number of unbranched alkanes of at least 4 members (excludes halogenated alkanes) is 5. The number of carbonyl (C=O) groups is 7. The summed E-state index contributed by atoms with van der Waals surface area (Å²) in [5.74, 6) is -10.9. The molecule has 123 heavy (non-hydrogen) atoms. The van der Waals surface area contributed by atoms with Crippen LogP contribution < -0.4 is 27.0 Å². The zero-order chi connectivity index (χ0) is 91.3. The van der Waals surface area contributed by atoms with Crippen molar-refractivity contribution in [3.63, 3.8) is 0 Å². The molecule has 6 unspecified atom stereocenters. The van der Waals surface area contributed by atoms with Crippen molar-refractivity contribution in [2.24, 2.45) is 11.8 Å². The molecule has 5 aromatic rings. The summed E-state index contributed by atoms with van der Waals surface area (Å²) in [5.41, 5.74) is 5.73. The van der Waals surface area contributed by atoms with Crippen molar-refractivity contribution in [2.45, 2.75) is 193 Å². The van der Waals surface area contributed by atoms with Crippen LogP contribution in [0.25, 0.3) is 21.5 Å². The molecule has 4 aromatic carbocycles. The summed E-state index contributed by atoms with van der Waals surface area (Å²) in [7, 11) is -36.4. The third-order valence-electron chi connectivity index (χ3n) is 20.7. The molecule has 0 spiro atoms. The molecule has 0 radical (unpaired) electrons. The number of anilines is 2. The number of phosphoric acid groups is 3. The fourth-order valence-corrected chi connectivity index (χ4v) is 20.8. The first-order chi connectivity index (χ1) is 57.1. The fraction of sp³-hybridized carbons (Fsp3) is 0.486. The minimum absolute atomic E-state index is 0.0226. The summed E-state index contributed by atoms with van der Waals surface area (Å²) < 4.78 is 204. The highest BCUT2D eigenvalue weighted by atomic mass is 32.2. The molecule has 1 aromatic heterocycles. The smallest absolute Gasteiger partial charge is 0.481 e. The fourth-order valence-electron chi connectivity index (χ4n) is 14.9. The summed E-state index contributed by atoms with van der Waals surface area (Å²) in [6.07, 6.45) is 1.87. The second kappa shape index (κ2) is 41.3. The van der Waals surface area contributed by atoms with Gasteiger partial charge in [0.05, 0.1) is 46.3 Å². The van der Waals surface area contributed by atoms with Crippen LogP contribution in [0.2, 0.25) is 0 Å². The van der Waals surface area contributed by atoms with Crippen LogP contribution in [0, 0.1) is 11.8 Å². The van der Waals surface area contributed by atoms with Gasteiger partial charge in [0.2, 0.25) is 17.5 Å². The minimum atomic E-state index is -5.93. The number of ketones is 2. The topological polar surface area (TPSA) is 667 Å². The summed E-state index contributed by atoms with van der Waals surface area (Å²) in [4.78, 5) is 137. The number of nitrogens with one attached hydrogen (secondary N) is 2. The molecule has 4 heterocycles. The molecule has 8 rings (SSSR count). The highest BCUT2D eigenvalue weighted by Gasteiger charge is 2.48. The molecule has 0 saturated carbocycles. The lowest BCUT2D eigenvalue weighted by Gasteiger charge is -2.27. The number of benzene rings is 4. The predicted molar refractivity (Wildman–Crippen MR) is 438 cm³/mol. The van der Waals surface area contributed by atoms with Gasteiger partial charge in [-0.2, -0.15) is 51.9 Å². The number of nitrogen functional groups attached to an aromatic ring is 1. The molecule has 676 valence electrons. The summed E-state index contributed by atoms with van der Waals surface area (Å²) >= 11 is 0. The van der Waals surface area contributed by atoms with Gasteiger partial charge in [0, 0.05) is 122 Å². The van der Waals surface area contributed by atoms with Gasteiger partial charge in [0.25, 0.3) is 40.5 Å². The number of hydrogen-bond donors (Lipinski definition) is 14. The Morgan fingerprint density at radius 3 is 1.89 bits per heavy atom. The number of amides is 2. The number of carbonyl (C=O) groups excluding carboxylic acids is 4. The minimum Gasteiger partial charge on any atom is -0.481 e. The number of ether oxygens (including phenoxy) is 1. The average molecular weight is 1870 g/mol. The molecular weight excluding hydrogens is 1770 g/mol. The van der Waals surface area contributed by atoms with Gasteiger partial charge in [-0.1, -0.05) is 57.0 Å². The van der Waals surface area contributed by atoms with Gasteiger partial charge < -0.3 is 61.1 Å². The van der Waals surface area contributed by atoms with Gasteiger partial charge in [0.1, 0.15) is 35.4 Å². The molecule has 0 bridgehead atoms. The Bertz CT molecular complexity index is 5740. The number of nitrogens with two attached hydrogens (primary N) is 1. The van der Waals surface area contributed by atoms with Crippen molar-refractivity contribution in [3.05, 3.63) is 125 Å². The van der Waals surface area contributed by atoms with Crippen LogP contribution in [0.15, 0.2) is 122 Å². The second-order valence-corrected chi connectivity index (χ2v) is 40.9. The van der Waals surface area contributed by atoms with E-state index in [1.54, 1.807) is 62.4 Å². The van der Waals surface area contributed by atoms with Crippen molar-refractivity contribution in [3.8, 4) is 0 Å². The zero-order valence-electron chi connectivity index (χ0n) is 66.7. The Morgan fingerprint density at radius 1 is 0.659 bits per heavy atom. The molecule has 3 aliphatic heterocycles. The maximum absolute atomic E-state index is 14.2. The number of phosphoric ester groups is 2. The lowest BCUT2D eigenvalue weighted by Crippen LogP contribution is -2.46. The van der Waals surface area contributed by atoms with E-state index in [4.69, 9.17) is 10.5 Å². The number of aliphatic carboxylic acids is 3. The highest BCUT2D eigenvalue weighted by molar-refractivity contribution is 7.87. The normalized spacial score (nSPS) is 19.2. The molecule has 42 nitrogen and oxygen atoms in total. The van der Waals surface area contributed by atoms with Gasteiger partial charge in [-0.15, -0.1) is 0 Å². The Hall–Kier alpha value is -8.57. The summed E-state index contributed by atoms with van der Waals surface area (Å²) in [6, 6.07) is 11.8. The number of hydrogen-bond acceptors (Lipinski definition) is 28. The van der Waals surface area contributed by atoms with Gasteiger partial charge in [-0.05, 0) is 135 Å². The number of aliphatic hydroxyl groups is 1. The number of nitrogens with zero attached hydrogens (tertiary/aromatic N) is 4. The van der Waals surface area contributed by atoms with Crippen molar-refractivity contribution in [2.75, 3.05) is 49.2 Å². The number of carboxylic acid groups (broad SMARTS) is 3. The van der Waals surface area contributed by atoms with Crippen LogP contribution in [-0.2, 0) is 121 Å². The number of aromatic nitrogens is 2. The third kappa shape index (κ3) is 27.7. The monoisotopic (exact) mass is 1860 g/mol. The van der Waals surface area contributed by atoms with E-state index in [1.807, 2.05) is 23.3 Å². The van der Waals surface area contributed by atoms with Gasteiger partial charge in [-0.3, -0.25) is 65.4 Å². The number of carboxylic acids is 3. The molecule has 2 amide bonds. The van der Waals surface area contributed by atoms with E-state index in [0.29, 0.717) is 63.6 Å². The number of allylic oxidation sites excluding steroid dienone is 6. The van der Waals surface area contributed by atoms with Crippen LogP contribution >= 0.6 is 23.5 Å².